The van der Waals surface area contributed by atoms with E-state index in [-0.39, 0.29) is 0 Å². The normalized spacial score (nSPS) is 9.27. The fourth-order valence-electron chi connectivity index (χ4n) is 0.890. The molecule has 0 bridgehead atoms. The van der Waals surface area contributed by atoms with Crippen LogP contribution < -0.4 is 0 Å². The Kier molecular flexibility index (Phi) is 2.21. The van der Waals surface area contributed by atoms with Crippen molar-refractivity contribution in [3.05, 3.63) is 28.8 Å². The minimum atomic E-state index is 0.649. The van der Waals surface area contributed by atoms with E-state index in [2.05, 4.69) is 18.7 Å². The summed E-state index contributed by atoms with van der Waals surface area (Å²) in [7, 11) is 0. The Morgan fingerprint density at radius 3 is 2.36 bits per heavy atom. The first-order chi connectivity index (χ1) is 5.15. The lowest BCUT2D eigenvalue weighted by molar-refractivity contribution is 1.25. The number of thiol groups is 1. The van der Waals surface area contributed by atoms with E-state index < -0.39 is 0 Å². The zero-order valence-electron chi connectivity index (χ0n) is 6.55. The molecule has 0 amide bonds. The van der Waals surface area contributed by atoms with Gasteiger partial charge in [0.25, 0.3) is 0 Å². The van der Waals surface area contributed by atoms with E-state index in [4.69, 9.17) is 5.26 Å². The van der Waals surface area contributed by atoms with Gasteiger partial charge in [0.2, 0.25) is 0 Å². The molecular weight excluding hydrogens is 154 g/mol. The lowest BCUT2D eigenvalue weighted by Crippen LogP contribution is -1.84. The molecule has 2 heteroatoms. The second-order valence-electron chi connectivity index (χ2n) is 2.57. The van der Waals surface area contributed by atoms with Crippen LogP contribution in [0.2, 0.25) is 0 Å². The van der Waals surface area contributed by atoms with Crippen molar-refractivity contribution >= 4 is 12.6 Å². The number of rotatable bonds is 0. The third-order valence-corrected chi connectivity index (χ3v) is 2.10. The predicted octanol–water partition coefficient (Wildman–Crippen LogP) is 2.46. The first kappa shape index (κ1) is 8.16. The largest absolute Gasteiger partial charge is 0.192 e. The van der Waals surface area contributed by atoms with E-state index in [9.17, 15) is 0 Å². The summed E-state index contributed by atoms with van der Waals surface area (Å²) in [6.07, 6.45) is 0. The molecule has 0 aliphatic heterocycles. The molecule has 0 aliphatic rings. The molecule has 0 heterocycles. The monoisotopic (exact) mass is 163 g/mol. The summed E-state index contributed by atoms with van der Waals surface area (Å²) < 4.78 is 0. The van der Waals surface area contributed by atoms with Gasteiger partial charge in [-0.05, 0) is 37.1 Å². The maximum atomic E-state index is 8.63. The smallest absolute Gasteiger partial charge is 0.100 e. The van der Waals surface area contributed by atoms with Gasteiger partial charge in [0.05, 0.1) is 5.56 Å². The fraction of sp³-hybridized carbons (Fsp3) is 0.222. The van der Waals surface area contributed by atoms with E-state index in [1.54, 1.807) is 0 Å². The van der Waals surface area contributed by atoms with Gasteiger partial charge in [-0.2, -0.15) is 5.26 Å². The maximum absolute atomic E-state index is 8.63. The second-order valence-corrected chi connectivity index (χ2v) is 3.05. The van der Waals surface area contributed by atoms with Crippen LogP contribution in [0, 0.1) is 25.2 Å². The van der Waals surface area contributed by atoms with Gasteiger partial charge in [0.1, 0.15) is 6.07 Å². The predicted molar refractivity (Wildman–Crippen MR) is 47.9 cm³/mol. The third kappa shape index (κ3) is 1.55. The fourth-order valence-corrected chi connectivity index (χ4v) is 1.20. The van der Waals surface area contributed by atoms with Gasteiger partial charge in [-0.25, -0.2) is 0 Å². The van der Waals surface area contributed by atoms with Gasteiger partial charge in [0.15, 0.2) is 0 Å². The molecule has 56 valence electrons. The molecular formula is C9H9NS. The molecule has 0 atom stereocenters. The third-order valence-electron chi connectivity index (χ3n) is 1.73. The lowest BCUT2D eigenvalue weighted by atomic mass is 10.1. The van der Waals surface area contributed by atoms with Gasteiger partial charge in [-0.3, -0.25) is 0 Å². The van der Waals surface area contributed by atoms with E-state index in [1.165, 1.54) is 5.56 Å². The first-order valence-corrected chi connectivity index (χ1v) is 3.80. The summed E-state index contributed by atoms with van der Waals surface area (Å²) in [5.74, 6) is 0. The average Bonchev–Trinajstić information content (AvgIpc) is 1.97. The molecule has 0 radical (unpaired) electrons. The minimum Gasteiger partial charge on any atom is -0.192 e. The Labute approximate surface area is 72.1 Å². The summed E-state index contributed by atoms with van der Waals surface area (Å²) >= 11 is 4.17. The van der Waals surface area contributed by atoms with Gasteiger partial charge >= 0.3 is 0 Å². The molecule has 11 heavy (non-hydrogen) atoms. The summed E-state index contributed by atoms with van der Waals surface area (Å²) in [6, 6.07) is 5.86. The quantitative estimate of drug-likeness (QED) is 0.583. The molecule has 0 aliphatic carbocycles. The lowest BCUT2D eigenvalue weighted by Gasteiger charge is -2.01. The standard InChI is InChI=1S/C9H9NS/c1-6-3-8(5-10)9(11)4-7(6)2/h3-4,11H,1-2H3. The van der Waals surface area contributed by atoms with Crippen molar-refractivity contribution in [1.82, 2.24) is 0 Å². The van der Waals surface area contributed by atoms with Crippen LogP contribution in [0.15, 0.2) is 17.0 Å². The zero-order valence-corrected chi connectivity index (χ0v) is 7.44. The minimum absolute atomic E-state index is 0.649. The highest BCUT2D eigenvalue weighted by molar-refractivity contribution is 7.80. The van der Waals surface area contributed by atoms with Crippen molar-refractivity contribution in [3.63, 3.8) is 0 Å². The number of nitriles is 1. The van der Waals surface area contributed by atoms with Crippen molar-refractivity contribution in [3.8, 4) is 6.07 Å². The maximum Gasteiger partial charge on any atom is 0.100 e. The highest BCUT2D eigenvalue weighted by atomic mass is 32.1. The average molecular weight is 163 g/mol. The zero-order chi connectivity index (χ0) is 8.43. The Balaban J connectivity index is 3.35. The van der Waals surface area contributed by atoms with Gasteiger partial charge in [0, 0.05) is 4.90 Å². The molecule has 0 saturated heterocycles. The molecule has 0 unspecified atom stereocenters. The number of benzene rings is 1. The molecule has 0 aromatic heterocycles. The van der Waals surface area contributed by atoms with Crippen LogP contribution in [0.3, 0.4) is 0 Å². The molecule has 0 saturated carbocycles. The molecule has 1 aromatic carbocycles. The molecule has 0 N–H and O–H groups in total. The van der Waals surface area contributed by atoms with Crippen LogP contribution in [0.1, 0.15) is 16.7 Å². The summed E-state index contributed by atoms with van der Waals surface area (Å²) in [5.41, 5.74) is 2.96. The summed E-state index contributed by atoms with van der Waals surface area (Å²) in [5, 5.41) is 8.63. The molecule has 1 nitrogen and oxygen atoms in total. The Hall–Kier alpha value is -0.940. The van der Waals surface area contributed by atoms with Gasteiger partial charge in [-0.15, -0.1) is 12.6 Å². The molecule has 1 rings (SSSR count). The van der Waals surface area contributed by atoms with Crippen LogP contribution in [-0.4, -0.2) is 0 Å². The molecule has 0 spiro atoms. The van der Waals surface area contributed by atoms with E-state index >= 15 is 0 Å². The topological polar surface area (TPSA) is 23.8 Å². The number of nitrogens with zero attached hydrogens (tertiary/aromatic N) is 1. The van der Waals surface area contributed by atoms with Gasteiger partial charge in [-0.1, -0.05) is 0 Å². The van der Waals surface area contributed by atoms with Crippen LogP contribution in [-0.2, 0) is 0 Å². The highest BCUT2D eigenvalue weighted by Gasteiger charge is 1.99. The first-order valence-electron chi connectivity index (χ1n) is 3.35. The van der Waals surface area contributed by atoms with Crippen molar-refractivity contribution in [2.45, 2.75) is 18.7 Å². The van der Waals surface area contributed by atoms with Gasteiger partial charge < -0.3 is 0 Å². The highest BCUT2D eigenvalue weighted by Crippen LogP contribution is 2.17. The van der Waals surface area contributed by atoms with Crippen molar-refractivity contribution in [1.29, 1.82) is 5.26 Å². The summed E-state index contributed by atoms with van der Waals surface area (Å²) in [4.78, 5) is 0.760. The Bertz CT molecular complexity index is 323. The number of aryl methyl sites for hydroxylation is 2. The van der Waals surface area contributed by atoms with Crippen molar-refractivity contribution in [2.75, 3.05) is 0 Å². The van der Waals surface area contributed by atoms with Crippen molar-refractivity contribution < 1.29 is 0 Å². The van der Waals surface area contributed by atoms with Crippen LogP contribution in [0.25, 0.3) is 0 Å². The number of hydrogen-bond donors (Lipinski definition) is 1. The van der Waals surface area contributed by atoms with Crippen LogP contribution in [0.4, 0.5) is 0 Å². The van der Waals surface area contributed by atoms with E-state index in [0.717, 1.165) is 10.5 Å². The SMILES string of the molecule is Cc1cc(S)c(C#N)cc1C. The van der Waals surface area contributed by atoms with E-state index in [1.807, 2.05) is 26.0 Å². The van der Waals surface area contributed by atoms with Crippen LogP contribution in [0.5, 0.6) is 0 Å². The molecule has 1 aromatic rings. The van der Waals surface area contributed by atoms with E-state index in [0.29, 0.717) is 5.56 Å². The number of hydrogen-bond acceptors (Lipinski definition) is 2. The molecule has 0 fully saturated rings. The van der Waals surface area contributed by atoms with Crippen LogP contribution >= 0.6 is 12.6 Å². The Morgan fingerprint density at radius 1 is 1.27 bits per heavy atom. The second kappa shape index (κ2) is 2.98. The Morgan fingerprint density at radius 2 is 1.82 bits per heavy atom. The summed E-state index contributed by atoms with van der Waals surface area (Å²) in [6.45, 7) is 4.00. The van der Waals surface area contributed by atoms with Crippen molar-refractivity contribution in [2.24, 2.45) is 0 Å².